The summed E-state index contributed by atoms with van der Waals surface area (Å²) in [7, 11) is 0. The Labute approximate surface area is 112 Å². The second-order valence-corrected chi connectivity index (χ2v) is 5.50. The lowest BCUT2D eigenvalue weighted by molar-refractivity contribution is 0.416. The Kier molecular flexibility index (Phi) is 2.90. The van der Waals surface area contributed by atoms with Gasteiger partial charge in [0.2, 0.25) is 0 Å². The van der Waals surface area contributed by atoms with Crippen LogP contribution >= 0.6 is 11.6 Å². The molecule has 2 nitrogen and oxygen atoms in total. The molecule has 1 fully saturated rings. The number of aryl methyl sites for hydroxylation is 2. The fourth-order valence-electron chi connectivity index (χ4n) is 2.37. The summed E-state index contributed by atoms with van der Waals surface area (Å²) in [6.07, 6.45) is 4.44. The number of nitrogens with zero attached hydrogens (tertiary/aromatic N) is 1. The Morgan fingerprint density at radius 2 is 1.89 bits per heavy atom. The van der Waals surface area contributed by atoms with E-state index in [0.29, 0.717) is 11.7 Å². The maximum absolute atomic E-state index is 5.92. The summed E-state index contributed by atoms with van der Waals surface area (Å²) >= 11 is 5.82. The van der Waals surface area contributed by atoms with Crippen molar-refractivity contribution in [1.82, 2.24) is 0 Å². The Bertz CT molecular complexity index is 533. The van der Waals surface area contributed by atoms with Gasteiger partial charge in [0, 0.05) is 6.08 Å². The van der Waals surface area contributed by atoms with E-state index in [1.165, 1.54) is 29.5 Å². The first-order valence-corrected chi connectivity index (χ1v) is 6.71. The van der Waals surface area contributed by atoms with E-state index in [2.05, 4.69) is 31.0 Å². The van der Waals surface area contributed by atoms with Gasteiger partial charge in [0.1, 0.15) is 16.7 Å². The predicted octanol–water partition coefficient (Wildman–Crippen LogP) is 4.09. The first kappa shape index (κ1) is 11.8. The van der Waals surface area contributed by atoms with Gasteiger partial charge in [-0.05, 0) is 49.3 Å². The normalized spacial score (nSPS) is 18.6. The SMILES string of the molecule is Cc1cc(C2CC2)cc(C)c1OC1=CC(Cl)=NC1. The molecule has 1 aromatic rings. The number of halogens is 1. The van der Waals surface area contributed by atoms with Crippen LogP contribution in [0.1, 0.15) is 35.4 Å². The minimum atomic E-state index is 0.523. The highest BCUT2D eigenvalue weighted by atomic mass is 35.5. The molecule has 1 aliphatic carbocycles. The Balaban J connectivity index is 1.85. The van der Waals surface area contributed by atoms with Crippen LogP contribution in [0.2, 0.25) is 0 Å². The van der Waals surface area contributed by atoms with Gasteiger partial charge >= 0.3 is 0 Å². The van der Waals surface area contributed by atoms with Crippen LogP contribution in [0.25, 0.3) is 0 Å². The molecule has 0 radical (unpaired) electrons. The van der Waals surface area contributed by atoms with Gasteiger partial charge < -0.3 is 4.74 Å². The molecule has 3 heteroatoms. The molecule has 0 spiro atoms. The van der Waals surface area contributed by atoms with Crippen molar-refractivity contribution in [3.8, 4) is 5.75 Å². The zero-order chi connectivity index (χ0) is 12.7. The first-order valence-electron chi connectivity index (χ1n) is 6.33. The topological polar surface area (TPSA) is 21.6 Å². The van der Waals surface area contributed by atoms with Crippen LogP contribution in [0.3, 0.4) is 0 Å². The van der Waals surface area contributed by atoms with Crippen molar-refractivity contribution < 1.29 is 4.74 Å². The van der Waals surface area contributed by atoms with Crippen molar-refractivity contribution in [1.29, 1.82) is 0 Å². The molecule has 0 saturated heterocycles. The smallest absolute Gasteiger partial charge is 0.132 e. The van der Waals surface area contributed by atoms with Crippen molar-refractivity contribution >= 4 is 16.8 Å². The molecule has 3 rings (SSSR count). The standard InChI is InChI=1S/C15H16ClNO/c1-9-5-12(11-3-4-11)6-10(2)15(9)18-13-7-14(16)17-8-13/h5-7,11H,3-4,8H2,1-2H3. The molecule has 0 amide bonds. The Hall–Kier alpha value is -1.28. The minimum absolute atomic E-state index is 0.523. The highest BCUT2D eigenvalue weighted by Crippen LogP contribution is 2.42. The van der Waals surface area contributed by atoms with E-state index >= 15 is 0 Å². The zero-order valence-corrected chi connectivity index (χ0v) is 11.4. The van der Waals surface area contributed by atoms with Crippen molar-refractivity contribution in [3.63, 3.8) is 0 Å². The quantitative estimate of drug-likeness (QED) is 0.803. The van der Waals surface area contributed by atoms with E-state index in [1.54, 1.807) is 6.08 Å². The maximum atomic E-state index is 5.92. The van der Waals surface area contributed by atoms with E-state index in [1.807, 2.05) is 0 Å². The number of benzene rings is 1. The lowest BCUT2D eigenvalue weighted by Gasteiger charge is -2.14. The molecular formula is C15H16ClNO. The molecule has 0 unspecified atom stereocenters. The number of hydrogen-bond donors (Lipinski definition) is 0. The summed E-state index contributed by atoms with van der Waals surface area (Å²) in [6.45, 7) is 4.75. The zero-order valence-electron chi connectivity index (χ0n) is 10.7. The van der Waals surface area contributed by atoms with Gasteiger partial charge in [-0.2, -0.15) is 0 Å². The molecule has 0 aromatic heterocycles. The molecule has 1 saturated carbocycles. The van der Waals surface area contributed by atoms with Gasteiger partial charge in [0.25, 0.3) is 0 Å². The van der Waals surface area contributed by atoms with Crippen molar-refractivity contribution in [2.24, 2.45) is 4.99 Å². The molecule has 94 valence electrons. The third-order valence-corrected chi connectivity index (χ3v) is 3.66. The Morgan fingerprint density at radius 3 is 2.39 bits per heavy atom. The highest BCUT2D eigenvalue weighted by Gasteiger charge is 2.25. The van der Waals surface area contributed by atoms with Crippen LogP contribution in [0, 0.1) is 13.8 Å². The van der Waals surface area contributed by atoms with E-state index in [0.717, 1.165) is 17.4 Å². The largest absolute Gasteiger partial charge is 0.459 e. The Morgan fingerprint density at radius 1 is 1.22 bits per heavy atom. The fourth-order valence-corrected chi connectivity index (χ4v) is 2.55. The molecule has 0 atom stereocenters. The highest BCUT2D eigenvalue weighted by molar-refractivity contribution is 6.68. The van der Waals surface area contributed by atoms with E-state index in [-0.39, 0.29) is 0 Å². The van der Waals surface area contributed by atoms with Gasteiger partial charge in [-0.1, -0.05) is 23.7 Å². The third kappa shape index (κ3) is 2.30. The van der Waals surface area contributed by atoms with Gasteiger partial charge in [-0.3, -0.25) is 4.99 Å². The number of ether oxygens (including phenoxy) is 1. The molecule has 0 N–H and O–H groups in total. The van der Waals surface area contributed by atoms with Crippen LogP contribution in [0.5, 0.6) is 5.75 Å². The average Bonchev–Trinajstić information content (AvgIpc) is 3.08. The van der Waals surface area contributed by atoms with Crippen LogP contribution < -0.4 is 4.74 Å². The lowest BCUT2D eigenvalue weighted by atomic mass is 10.0. The molecule has 1 heterocycles. The number of allylic oxidation sites excluding steroid dienone is 1. The number of hydrogen-bond acceptors (Lipinski definition) is 2. The number of rotatable bonds is 3. The summed E-state index contributed by atoms with van der Waals surface area (Å²) in [5, 5.41) is 0.523. The third-order valence-electron chi connectivity index (χ3n) is 3.43. The molecule has 0 bridgehead atoms. The summed E-state index contributed by atoms with van der Waals surface area (Å²) in [6, 6.07) is 4.50. The van der Waals surface area contributed by atoms with E-state index in [4.69, 9.17) is 16.3 Å². The summed E-state index contributed by atoms with van der Waals surface area (Å²) in [5.74, 6) is 2.55. The monoisotopic (exact) mass is 261 g/mol. The van der Waals surface area contributed by atoms with Crippen LogP contribution in [-0.4, -0.2) is 11.7 Å². The number of aliphatic imine (C=N–C) groups is 1. The maximum Gasteiger partial charge on any atom is 0.132 e. The second kappa shape index (κ2) is 4.43. The van der Waals surface area contributed by atoms with Gasteiger partial charge in [-0.15, -0.1) is 0 Å². The lowest BCUT2D eigenvalue weighted by Crippen LogP contribution is -2.00. The first-order chi connectivity index (χ1) is 8.63. The van der Waals surface area contributed by atoms with E-state index in [9.17, 15) is 0 Å². The van der Waals surface area contributed by atoms with E-state index < -0.39 is 0 Å². The predicted molar refractivity (Wildman–Crippen MR) is 74.8 cm³/mol. The molecular weight excluding hydrogens is 246 g/mol. The summed E-state index contributed by atoms with van der Waals surface area (Å²) < 4.78 is 5.92. The van der Waals surface area contributed by atoms with Gasteiger partial charge in [0.15, 0.2) is 0 Å². The minimum Gasteiger partial charge on any atom is -0.459 e. The van der Waals surface area contributed by atoms with Gasteiger partial charge in [-0.25, -0.2) is 0 Å². The second-order valence-electron chi connectivity index (χ2n) is 5.11. The summed E-state index contributed by atoms with van der Waals surface area (Å²) in [4.78, 5) is 4.09. The molecule has 1 aliphatic heterocycles. The fraction of sp³-hybridized carbons (Fsp3) is 0.400. The summed E-state index contributed by atoms with van der Waals surface area (Å²) in [5.41, 5.74) is 3.84. The average molecular weight is 262 g/mol. The molecule has 2 aliphatic rings. The van der Waals surface area contributed by atoms with Crippen LogP contribution in [-0.2, 0) is 0 Å². The van der Waals surface area contributed by atoms with Crippen molar-refractivity contribution in [2.45, 2.75) is 32.6 Å². The van der Waals surface area contributed by atoms with Crippen LogP contribution in [0.4, 0.5) is 0 Å². The van der Waals surface area contributed by atoms with Crippen molar-refractivity contribution in [2.75, 3.05) is 6.54 Å². The molecule has 1 aromatic carbocycles. The van der Waals surface area contributed by atoms with Gasteiger partial charge in [0.05, 0.1) is 6.54 Å². The van der Waals surface area contributed by atoms with Crippen LogP contribution in [0.15, 0.2) is 29.0 Å². The molecule has 18 heavy (non-hydrogen) atoms. The van der Waals surface area contributed by atoms with Crippen molar-refractivity contribution in [3.05, 3.63) is 40.7 Å².